The summed E-state index contributed by atoms with van der Waals surface area (Å²) in [6, 6.07) is 17.1. The summed E-state index contributed by atoms with van der Waals surface area (Å²) in [5, 5.41) is 8.96. The normalized spacial score (nSPS) is 20.4. The third-order valence-electron chi connectivity index (χ3n) is 4.18. The van der Waals surface area contributed by atoms with Crippen LogP contribution in [0.3, 0.4) is 0 Å². The smallest absolute Gasteiger partial charge is 0.241 e. The largest absolute Gasteiger partial charge is 0.380 e. The minimum absolute atomic E-state index is 0.0592. The zero-order valence-electron chi connectivity index (χ0n) is 14.2. The molecule has 0 bridgehead atoms. The topological polar surface area (TPSA) is 88.4 Å². The van der Waals surface area contributed by atoms with Crippen molar-refractivity contribution >= 4 is 10.0 Å². The summed E-state index contributed by atoms with van der Waals surface area (Å²) >= 11 is 0. The molecule has 1 fully saturated rings. The molecule has 3 rings (SSSR count). The molecular formula is C19H20N2O4S. The number of benzene rings is 2. The monoisotopic (exact) mass is 372 g/mol. The van der Waals surface area contributed by atoms with Crippen molar-refractivity contribution in [3.63, 3.8) is 0 Å². The molecule has 1 heterocycles. The molecule has 1 aliphatic heterocycles. The highest BCUT2D eigenvalue weighted by Crippen LogP contribution is 2.18. The van der Waals surface area contributed by atoms with Gasteiger partial charge in [0.05, 0.1) is 41.9 Å². The molecule has 2 aromatic carbocycles. The van der Waals surface area contributed by atoms with E-state index in [2.05, 4.69) is 4.72 Å². The third kappa shape index (κ3) is 4.68. The number of hydrogen-bond acceptors (Lipinski definition) is 5. The summed E-state index contributed by atoms with van der Waals surface area (Å²) < 4.78 is 39.4. The van der Waals surface area contributed by atoms with Gasteiger partial charge in [-0.05, 0) is 30.2 Å². The second-order valence-electron chi connectivity index (χ2n) is 6.07. The molecule has 26 heavy (non-hydrogen) atoms. The van der Waals surface area contributed by atoms with Crippen LogP contribution in [-0.4, -0.2) is 33.8 Å². The number of nitriles is 1. The Balaban J connectivity index is 1.70. The molecule has 136 valence electrons. The van der Waals surface area contributed by atoms with E-state index in [0.717, 1.165) is 5.56 Å². The minimum Gasteiger partial charge on any atom is -0.380 e. The number of hydrogen-bond donors (Lipinski definition) is 1. The Labute approximate surface area is 153 Å². The Hall–Kier alpha value is -2.24. The molecule has 0 saturated carbocycles. The lowest BCUT2D eigenvalue weighted by Crippen LogP contribution is -2.50. The molecule has 0 radical (unpaired) electrons. The molecular weight excluding hydrogens is 352 g/mol. The van der Waals surface area contributed by atoms with Crippen LogP contribution in [0.5, 0.6) is 0 Å². The first-order valence-electron chi connectivity index (χ1n) is 8.34. The van der Waals surface area contributed by atoms with E-state index in [4.69, 9.17) is 14.7 Å². The van der Waals surface area contributed by atoms with Crippen LogP contribution in [0.25, 0.3) is 0 Å². The van der Waals surface area contributed by atoms with Gasteiger partial charge in [0.1, 0.15) is 0 Å². The van der Waals surface area contributed by atoms with Crippen molar-refractivity contribution in [2.45, 2.75) is 30.1 Å². The summed E-state index contributed by atoms with van der Waals surface area (Å²) in [4.78, 5) is 0.0592. The van der Waals surface area contributed by atoms with Gasteiger partial charge in [0.25, 0.3) is 0 Å². The van der Waals surface area contributed by atoms with E-state index in [0.29, 0.717) is 25.2 Å². The van der Waals surface area contributed by atoms with Gasteiger partial charge < -0.3 is 9.47 Å². The molecule has 0 aliphatic carbocycles. The second-order valence-corrected chi connectivity index (χ2v) is 7.78. The molecule has 1 saturated heterocycles. The van der Waals surface area contributed by atoms with E-state index < -0.39 is 16.1 Å². The maximum atomic E-state index is 12.7. The van der Waals surface area contributed by atoms with Crippen molar-refractivity contribution in [1.82, 2.24) is 4.72 Å². The molecule has 0 aromatic heterocycles. The summed E-state index contributed by atoms with van der Waals surface area (Å²) in [5.41, 5.74) is 1.33. The van der Waals surface area contributed by atoms with Gasteiger partial charge >= 0.3 is 0 Å². The van der Waals surface area contributed by atoms with Crippen LogP contribution in [0.1, 0.15) is 17.5 Å². The van der Waals surface area contributed by atoms with Crippen molar-refractivity contribution in [2.24, 2.45) is 0 Å². The zero-order valence-corrected chi connectivity index (χ0v) is 15.0. The number of nitrogens with one attached hydrogen (secondary N) is 1. The van der Waals surface area contributed by atoms with Crippen molar-refractivity contribution in [3.05, 3.63) is 65.7 Å². The molecule has 1 N–H and O–H groups in total. The third-order valence-corrected chi connectivity index (χ3v) is 5.67. The van der Waals surface area contributed by atoms with Gasteiger partial charge in [-0.25, -0.2) is 13.1 Å². The maximum Gasteiger partial charge on any atom is 0.241 e. The molecule has 0 unspecified atom stereocenters. The lowest BCUT2D eigenvalue weighted by molar-refractivity contribution is -0.0572. The van der Waals surface area contributed by atoms with Crippen LogP contribution in [-0.2, 0) is 26.1 Å². The Morgan fingerprint density at radius 3 is 2.77 bits per heavy atom. The molecule has 2 aromatic rings. The van der Waals surface area contributed by atoms with Crippen LogP contribution in [0.4, 0.5) is 0 Å². The highest BCUT2D eigenvalue weighted by molar-refractivity contribution is 7.89. The number of rotatable bonds is 6. The molecule has 0 amide bonds. The van der Waals surface area contributed by atoms with Crippen molar-refractivity contribution in [2.75, 3.05) is 13.2 Å². The minimum atomic E-state index is -3.77. The van der Waals surface area contributed by atoms with E-state index >= 15 is 0 Å². The lowest BCUT2D eigenvalue weighted by Gasteiger charge is -2.32. The predicted octanol–water partition coefficient (Wildman–Crippen LogP) is 2.21. The van der Waals surface area contributed by atoms with Crippen LogP contribution in [0.15, 0.2) is 59.5 Å². The highest BCUT2D eigenvalue weighted by atomic mass is 32.2. The number of nitrogens with zero attached hydrogens (tertiary/aromatic N) is 1. The molecule has 7 heteroatoms. The maximum absolute atomic E-state index is 12.7. The Morgan fingerprint density at radius 1 is 1.19 bits per heavy atom. The predicted molar refractivity (Wildman–Crippen MR) is 95.7 cm³/mol. The van der Waals surface area contributed by atoms with E-state index in [1.807, 2.05) is 36.4 Å². The summed E-state index contributed by atoms with van der Waals surface area (Å²) in [7, 11) is -3.77. The quantitative estimate of drug-likeness (QED) is 0.840. The van der Waals surface area contributed by atoms with E-state index in [1.165, 1.54) is 12.1 Å². The van der Waals surface area contributed by atoms with Crippen LogP contribution in [0, 0.1) is 11.3 Å². The standard InChI is InChI=1S/C19H20N2O4S/c20-12-16-7-4-8-17(11-16)26(22,23)21-18-14-24-10-9-19(18)25-13-15-5-2-1-3-6-15/h1-8,11,18-19,21H,9-10,13-14H2/t18-,19+/m1/s1. The second kappa shape index (κ2) is 8.43. The Morgan fingerprint density at radius 2 is 2.00 bits per heavy atom. The van der Waals surface area contributed by atoms with Crippen molar-refractivity contribution in [3.8, 4) is 6.07 Å². The van der Waals surface area contributed by atoms with Crippen molar-refractivity contribution in [1.29, 1.82) is 5.26 Å². The van der Waals surface area contributed by atoms with Gasteiger partial charge in [0.15, 0.2) is 0 Å². The summed E-state index contributed by atoms with van der Waals surface area (Å²) in [6.45, 7) is 1.19. The van der Waals surface area contributed by atoms with Crippen LogP contribution in [0.2, 0.25) is 0 Å². The first-order chi connectivity index (χ1) is 12.6. The summed E-state index contributed by atoms with van der Waals surface area (Å²) in [5.74, 6) is 0. The van der Waals surface area contributed by atoms with Crippen LogP contribution < -0.4 is 4.72 Å². The van der Waals surface area contributed by atoms with E-state index in [1.54, 1.807) is 12.1 Å². The molecule has 1 aliphatic rings. The van der Waals surface area contributed by atoms with Gasteiger partial charge in [0.2, 0.25) is 10.0 Å². The first-order valence-corrected chi connectivity index (χ1v) is 9.82. The van der Waals surface area contributed by atoms with E-state index in [-0.39, 0.29) is 17.6 Å². The average molecular weight is 372 g/mol. The van der Waals surface area contributed by atoms with Gasteiger partial charge in [0, 0.05) is 6.61 Å². The highest BCUT2D eigenvalue weighted by Gasteiger charge is 2.31. The fourth-order valence-corrected chi connectivity index (χ4v) is 4.10. The lowest BCUT2D eigenvalue weighted by atomic mass is 10.1. The molecule has 0 spiro atoms. The number of sulfonamides is 1. The van der Waals surface area contributed by atoms with Gasteiger partial charge in [-0.2, -0.15) is 5.26 Å². The van der Waals surface area contributed by atoms with Crippen molar-refractivity contribution < 1.29 is 17.9 Å². The van der Waals surface area contributed by atoms with Gasteiger partial charge in [-0.15, -0.1) is 0 Å². The van der Waals surface area contributed by atoms with Crippen LogP contribution >= 0.6 is 0 Å². The SMILES string of the molecule is N#Cc1cccc(S(=O)(=O)N[C@@H]2COCC[C@@H]2OCc2ccccc2)c1. The fourth-order valence-electron chi connectivity index (χ4n) is 2.81. The van der Waals surface area contributed by atoms with E-state index in [9.17, 15) is 8.42 Å². The molecule has 6 nitrogen and oxygen atoms in total. The Kier molecular flexibility index (Phi) is 6.01. The number of ether oxygens (including phenoxy) is 2. The van der Waals surface area contributed by atoms with Gasteiger partial charge in [-0.1, -0.05) is 36.4 Å². The fraction of sp³-hybridized carbons (Fsp3) is 0.316. The zero-order chi connectivity index (χ0) is 18.4. The van der Waals surface area contributed by atoms with Gasteiger partial charge in [-0.3, -0.25) is 0 Å². The average Bonchev–Trinajstić information content (AvgIpc) is 2.68. The first kappa shape index (κ1) is 18.5. The Bertz CT molecular complexity index is 878. The summed E-state index contributed by atoms with van der Waals surface area (Å²) in [6.07, 6.45) is 0.330. The molecule has 2 atom stereocenters.